The lowest BCUT2D eigenvalue weighted by molar-refractivity contribution is 0.165. The van der Waals surface area contributed by atoms with Gasteiger partial charge in [-0.05, 0) is 58.7 Å². The van der Waals surface area contributed by atoms with Gasteiger partial charge in [-0.3, -0.25) is 0 Å². The number of piperidine rings is 1. The van der Waals surface area contributed by atoms with Gasteiger partial charge in [0.25, 0.3) is 0 Å². The second kappa shape index (κ2) is 4.63. The average molecular weight is 196 g/mol. The molecule has 3 atom stereocenters. The molecule has 2 rings (SSSR count). The fraction of sp³-hybridized carbons (Fsp3) is 1.00. The van der Waals surface area contributed by atoms with E-state index in [1.54, 1.807) is 0 Å². The Bertz CT molecular complexity index is 181. The Morgan fingerprint density at radius 3 is 2.93 bits per heavy atom. The highest BCUT2D eigenvalue weighted by atomic mass is 15.2. The van der Waals surface area contributed by atoms with Gasteiger partial charge in [0, 0.05) is 12.1 Å². The maximum Gasteiger partial charge on any atom is 0.0125 e. The van der Waals surface area contributed by atoms with Crippen molar-refractivity contribution in [2.24, 2.45) is 5.92 Å². The molecule has 0 saturated carbocycles. The van der Waals surface area contributed by atoms with Crippen LogP contribution in [-0.2, 0) is 0 Å². The smallest absolute Gasteiger partial charge is 0.0125 e. The summed E-state index contributed by atoms with van der Waals surface area (Å²) >= 11 is 0. The Morgan fingerprint density at radius 1 is 1.29 bits per heavy atom. The standard InChI is InChI=1S/C12H24N2/c1-10(13-2)9-11-6-8-14-7-4-3-5-12(11)14/h10-13H,3-9H2,1-2H3. The molecule has 0 radical (unpaired) electrons. The average Bonchev–Trinajstić information content (AvgIpc) is 2.62. The predicted molar refractivity (Wildman–Crippen MR) is 60.5 cm³/mol. The summed E-state index contributed by atoms with van der Waals surface area (Å²) in [4.78, 5) is 2.73. The van der Waals surface area contributed by atoms with E-state index in [1.165, 1.54) is 45.2 Å². The summed E-state index contributed by atoms with van der Waals surface area (Å²) in [5, 5.41) is 3.37. The van der Waals surface area contributed by atoms with Crippen molar-refractivity contribution in [1.29, 1.82) is 0 Å². The summed E-state index contributed by atoms with van der Waals surface area (Å²) in [6, 6.07) is 1.63. The third-order valence-corrected chi connectivity index (χ3v) is 4.14. The summed E-state index contributed by atoms with van der Waals surface area (Å²) in [5.41, 5.74) is 0. The lowest BCUT2D eigenvalue weighted by Crippen LogP contribution is -2.38. The van der Waals surface area contributed by atoms with E-state index in [1.807, 2.05) is 0 Å². The van der Waals surface area contributed by atoms with E-state index in [4.69, 9.17) is 0 Å². The molecule has 2 fully saturated rings. The van der Waals surface area contributed by atoms with E-state index in [2.05, 4.69) is 24.2 Å². The molecule has 2 aliphatic heterocycles. The van der Waals surface area contributed by atoms with Gasteiger partial charge in [-0.15, -0.1) is 0 Å². The van der Waals surface area contributed by atoms with Crippen LogP contribution in [0.1, 0.15) is 39.0 Å². The predicted octanol–water partition coefficient (Wildman–Crippen LogP) is 1.86. The fourth-order valence-corrected chi connectivity index (χ4v) is 3.20. The highest BCUT2D eigenvalue weighted by molar-refractivity contribution is 4.90. The summed E-state index contributed by atoms with van der Waals surface area (Å²) in [6.45, 7) is 5.05. The molecule has 2 saturated heterocycles. The van der Waals surface area contributed by atoms with Crippen LogP contribution in [0.15, 0.2) is 0 Å². The lowest BCUT2D eigenvalue weighted by Gasteiger charge is -2.33. The van der Waals surface area contributed by atoms with Crippen molar-refractivity contribution in [3.05, 3.63) is 0 Å². The van der Waals surface area contributed by atoms with Gasteiger partial charge in [-0.1, -0.05) is 6.42 Å². The third-order valence-electron chi connectivity index (χ3n) is 4.14. The fourth-order valence-electron chi connectivity index (χ4n) is 3.20. The van der Waals surface area contributed by atoms with Crippen LogP contribution < -0.4 is 5.32 Å². The van der Waals surface area contributed by atoms with Crippen molar-refractivity contribution >= 4 is 0 Å². The molecule has 0 aromatic rings. The first-order valence-corrected chi connectivity index (χ1v) is 6.22. The van der Waals surface area contributed by atoms with Gasteiger partial charge in [0.2, 0.25) is 0 Å². The molecular formula is C12H24N2. The minimum absolute atomic E-state index is 0.696. The van der Waals surface area contributed by atoms with Crippen molar-refractivity contribution in [2.45, 2.75) is 51.1 Å². The van der Waals surface area contributed by atoms with Gasteiger partial charge >= 0.3 is 0 Å². The Labute approximate surface area is 88.1 Å². The molecule has 2 aliphatic rings. The number of rotatable bonds is 3. The van der Waals surface area contributed by atoms with Gasteiger partial charge < -0.3 is 10.2 Å². The van der Waals surface area contributed by atoms with Crippen LogP contribution in [0.2, 0.25) is 0 Å². The minimum atomic E-state index is 0.696. The Balaban J connectivity index is 1.87. The largest absolute Gasteiger partial charge is 0.317 e. The van der Waals surface area contributed by atoms with Crippen LogP contribution in [0.3, 0.4) is 0 Å². The van der Waals surface area contributed by atoms with Crippen molar-refractivity contribution < 1.29 is 0 Å². The van der Waals surface area contributed by atoms with Crippen LogP contribution in [0, 0.1) is 5.92 Å². The molecule has 14 heavy (non-hydrogen) atoms. The Kier molecular flexibility index (Phi) is 3.45. The van der Waals surface area contributed by atoms with Gasteiger partial charge in [0.05, 0.1) is 0 Å². The van der Waals surface area contributed by atoms with Crippen LogP contribution >= 0.6 is 0 Å². The first-order chi connectivity index (χ1) is 6.81. The maximum atomic E-state index is 3.37. The molecule has 1 N–H and O–H groups in total. The number of fused-ring (bicyclic) bond motifs is 1. The molecule has 0 amide bonds. The van der Waals surface area contributed by atoms with Crippen molar-refractivity contribution in [3.8, 4) is 0 Å². The molecule has 0 aromatic heterocycles. The van der Waals surface area contributed by atoms with Gasteiger partial charge in [0.15, 0.2) is 0 Å². The number of hydrogen-bond acceptors (Lipinski definition) is 2. The molecule has 2 nitrogen and oxygen atoms in total. The molecule has 0 aliphatic carbocycles. The highest BCUT2D eigenvalue weighted by Gasteiger charge is 2.35. The van der Waals surface area contributed by atoms with Crippen LogP contribution in [0.25, 0.3) is 0 Å². The van der Waals surface area contributed by atoms with E-state index in [9.17, 15) is 0 Å². The Morgan fingerprint density at radius 2 is 2.14 bits per heavy atom. The topological polar surface area (TPSA) is 15.3 Å². The summed E-state index contributed by atoms with van der Waals surface area (Å²) in [5.74, 6) is 0.970. The molecular weight excluding hydrogens is 172 g/mol. The second-order valence-corrected chi connectivity index (χ2v) is 5.07. The zero-order valence-corrected chi connectivity index (χ0v) is 9.63. The molecule has 0 aromatic carbocycles. The van der Waals surface area contributed by atoms with E-state index in [0.29, 0.717) is 6.04 Å². The molecule has 82 valence electrons. The van der Waals surface area contributed by atoms with Gasteiger partial charge in [0.1, 0.15) is 0 Å². The highest BCUT2D eigenvalue weighted by Crippen LogP contribution is 2.34. The first-order valence-electron chi connectivity index (χ1n) is 6.22. The molecule has 0 bridgehead atoms. The van der Waals surface area contributed by atoms with Crippen LogP contribution in [0.4, 0.5) is 0 Å². The zero-order valence-electron chi connectivity index (χ0n) is 9.63. The summed E-state index contributed by atoms with van der Waals surface area (Å²) < 4.78 is 0. The summed E-state index contributed by atoms with van der Waals surface area (Å²) in [7, 11) is 2.08. The second-order valence-electron chi connectivity index (χ2n) is 5.07. The van der Waals surface area contributed by atoms with E-state index < -0.39 is 0 Å². The van der Waals surface area contributed by atoms with Gasteiger partial charge in [-0.2, -0.15) is 0 Å². The normalized spacial score (nSPS) is 35.6. The molecule has 3 unspecified atom stereocenters. The summed E-state index contributed by atoms with van der Waals surface area (Å²) in [6.07, 6.45) is 7.17. The van der Waals surface area contributed by atoms with Crippen molar-refractivity contribution in [2.75, 3.05) is 20.1 Å². The number of hydrogen-bond donors (Lipinski definition) is 1. The van der Waals surface area contributed by atoms with E-state index in [0.717, 1.165) is 12.0 Å². The molecule has 2 heterocycles. The third kappa shape index (κ3) is 2.12. The molecule has 2 heteroatoms. The number of nitrogens with one attached hydrogen (secondary N) is 1. The lowest BCUT2D eigenvalue weighted by atomic mass is 9.88. The maximum absolute atomic E-state index is 3.37. The van der Waals surface area contributed by atoms with Gasteiger partial charge in [-0.25, -0.2) is 0 Å². The first kappa shape index (κ1) is 10.4. The Hall–Kier alpha value is -0.0800. The monoisotopic (exact) mass is 196 g/mol. The molecule has 0 spiro atoms. The van der Waals surface area contributed by atoms with Crippen molar-refractivity contribution in [1.82, 2.24) is 10.2 Å². The number of nitrogens with zero attached hydrogens (tertiary/aromatic N) is 1. The van der Waals surface area contributed by atoms with E-state index in [-0.39, 0.29) is 0 Å². The quantitative estimate of drug-likeness (QED) is 0.741. The van der Waals surface area contributed by atoms with Crippen LogP contribution in [-0.4, -0.2) is 37.1 Å². The zero-order chi connectivity index (χ0) is 9.97. The van der Waals surface area contributed by atoms with E-state index >= 15 is 0 Å². The van der Waals surface area contributed by atoms with Crippen molar-refractivity contribution in [3.63, 3.8) is 0 Å². The van der Waals surface area contributed by atoms with Crippen LogP contribution in [0.5, 0.6) is 0 Å². The SMILES string of the molecule is CNC(C)CC1CCN2CCCCC12. The minimum Gasteiger partial charge on any atom is -0.317 e.